The van der Waals surface area contributed by atoms with Crippen LogP contribution in [0.25, 0.3) is 33.7 Å². The van der Waals surface area contributed by atoms with Gasteiger partial charge in [0, 0.05) is 28.5 Å². The van der Waals surface area contributed by atoms with E-state index in [1.807, 2.05) is 66.9 Å². The molecule has 27 heavy (non-hydrogen) atoms. The minimum atomic E-state index is 0.542. The van der Waals surface area contributed by atoms with E-state index in [0.717, 1.165) is 34.2 Å². The van der Waals surface area contributed by atoms with Gasteiger partial charge in [-0.25, -0.2) is 9.50 Å². The van der Waals surface area contributed by atoms with Gasteiger partial charge in [-0.1, -0.05) is 72.8 Å². The van der Waals surface area contributed by atoms with Gasteiger partial charge in [-0.05, 0) is 5.56 Å². The molecule has 5 nitrogen and oxygen atoms in total. The van der Waals surface area contributed by atoms with Crippen LogP contribution < -0.4 is 0 Å². The minimum absolute atomic E-state index is 0.542. The SMILES string of the molecule is O=Cc1ccc(-c2nc3nc(C4=CC=C4)nn3cc2-c2ccccc2)cc1. The van der Waals surface area contributed by atoms with Gasteiger partial charge in [0.2, 0.25) is 0 Å². The molecular weight excluding hydrogens is 336 g/mol. The van der Waals surface area contributed by atoms with E-state index in [2.05, 4.69) is 10.1 Å². The van der Waals surface area contributed by atoms with Gasteiger partial charge in [0.25, 0.3) is 5.78 Å². The Balaban J connectivity index is 1.73. The summed E-state index contributed by atoms with van der Waals surface area (Å²) in [6.45, 7) is 0. The molecule has 0 N–H and O–H groups in total. The van der Waals surface area contributed by atoms with Crippen molar-refractivity contribution in [1.29, 1.82) is 0 Å². The van der Waals surface area contributed by atoms with Crippen LogP contribution in [0.1, 0.15) is 16.2 Å². The first kappa shape index (κ1) is 15.4. The first-order valence-electron chi connectivity index (χ1n) is 8.59. The number of fused-ring (bicyclic) bond motifs is 1. The standard InChI is InChI=1S/C22H14N4O/c27-14-15-9-11-17(12-10-15)20-19(16-5-2-1-3-6-16)13-26-22(23-20)24-21(25-26)18-7-4-8-18/h1-14H. The molecule has 1 aliphatic rings. The molecule has 0 saturated heterocycles. The molecule has 0 radical (unpaired) electrons. The molecule has 0 atom stereocenters. The molecule has 5 heteroatoms. The van der Waals surface area contributed by atoms with Crippen LogP contribution in [0.2, 0.25) is 0 Å². The third-order valence-corrected chi connectivity index (χ3v) is 4.55. The highest BCUT2D eigenvalue weighted by molar-refractivity contribution is 5.83. The lowest BCUT2D eigenvalue weighted by atomic mass is 10.0. The average molecular weight is 350 g/mol. The number of nitrogens with zero attached hydrogens (tertiary/aromatic N) is 4. The second-order valence-electron chi connectivity index (χ2n) is 6.27. The Labute approximate surface area is 155 Å². The van der Waals surface area contributed by atoms with Gasteiger partial charge >= 0.3 is 0 Å². The fourth-order valence-corrected chi connectivity index (χ4v) is 3.05. The van der Waals surface area contributed by atoms with Crippen molar-refractivity contribution in [2.75, 3.05) is 0 Å². The molecule has 0 fully saturated rings. The lowest BCUT2D eigenvalue weighted by molar-refractivity contribution is 0.112. The molecule has 2 aromatic carbocycles. The highest BCUT2D eigenvalue weighted by Gasteiger charge is 2.16. The maximum Gasteiger partial charge on any atom is 0.253 e. The van der Waals surface area contributed by atoms with E-state index in [0.29, 0.717) is 17.2 Å². The van der Waals surface area contributed by atoms with E-state index in [-0.39, 0.29) is 0 Å². The van der Waals surface area contributed by atoms with E-state index in [1.54, 1.807) is 16.6 Å². The van der Waals surface area contributed by atoms with Crippen molar-refractivity contribution < 1.29 is 4.79 Å². The van der Waals surface area contributed by atoms with Crippen molar-refractivity contribution in [3.63, 3.8) is 0 Å². The second-order valence-corrected chi connectivity index (χ2v) is 6.27. The predicted octanol–water partition coefficient (Wildman–Crippen LogP) is 4.22. The molecule has 4 aromatic rings. The van der Waals surface area contributed by atoms with Crippen LogP contribution >= 0.6 is 0 Å². The van der Waals surface area contributed by atoms with Gasteiger partial charge in [-0.2, -0.15) is 4.98 Å². The van der Waals surface area contributed by atoms with Crippen molar-refractivity contribution in [3.05, 3.63) is 90.4 Å². The number of aldehydes is 1. The van der Waals surface area contributed by atoms with Crippen LogP contribution in [-0.4, -0.2) is 25.9 Å². The lowest BCUT2D eigenvalue weighted by Gasteiger charge is -2.10. The topological polar surface area (TPSA) is 60.2 Å². The summed E-state index contributed by atoms with van der Waals surface area (Å²) in [5.74, 6) is 1.21. The molecule has 1 aliphatic carbocycles. The van der Waals surface area contributed by atoms with E-state index < -0.39 is 0 Å². The normalized spacial score (nSPS) is 12.7. The van der Waals surface area contributed by atoms with Crippen LogP contribution in [0.15, 0.2) is 79.0 Å². The zero-order valence-corrected chi connectivity index (χ0v) is 14.3. The van der Waals surface area contributed by atoms with E-state index in [4.69, 9.17) is 4.98 Å². The molecule has 128 valence electrons. The second kappa shape index (κ2) is 6.14. The number of allylic oxidation sites excluding steroid dienone is 4. The first-order chi connectivity index (χ1) is 13.3. The van der Waals surface area contributed by atoms with E-state index in [9.17, 15) is 4.79 Å². The molecule has 5 rings (SSSR count). The average Bonchev–Trinajstić information content (AvgIpc) is 3.08. The van der Waals surface area contributed by atoms with Gasteiger partial charge in [0.15, 0.2) is 5.82 Å². The fraction of sp³-hybridized carbons (Fsp3) is 0. The van der Waals surface area contributed by atoms with Gasteiger partial charge in [-0.15, -0.1) is 5.10 Å². The van der Waals surface area contributed by atoms with Crippen molar-refractivity contribution in [1.82, 2.24) is 19.6 Å². The Morgan fingerprint density at radius 2 is 1.67 bits per heavy atom. The monoisotopic (exact) mass is 350 g/mol. The van der Waals surface area contributed by atoms with Gasteiger partial charge < -0.3 is 0 Å². The van der Waals surface area contributed by atoms with Crippen molar-refractivity contribution in [2.24, 2.45) is 0 Å². The molecule has 0 saturated carbocycles. The Morgan fingerprint density at radius 3 is 2.33 bits per heavy atom. The third-order valence-electron chi connectivity index (χ3n) is 4.55. The smallest absolute Gasteiger partial charge is 0.253 e. The summed E-state index contributed by atoms with van der Waals surface area (Å²) < 4.78 is 1.72. The molecule has 2 heterocycles. The number of benzene rings is 2. The molecule has 0 amide bonds. The number of carbonyl (C=O) groups excluding carboxylic acids is 1. The van der Waals surface area contributed by atoms with Gasteiger partial charge in [0.05, 0.1) is 5.69 Å². The fourth-order valence-electron chi connectivity index (χ4n) is 3.05. The largest absolute Gasteiger partial charge is 0.298 e. The molecule has 2 aromatic heterocycles. The lowest BCUT2D eigenvalue weighted by Crippen LogP contribution is -1.97. The maximum atomic E-state index is 11.0. The zero-order valence-electron chi connectivity index (χ0n) is 14.3. The highest BCUT2D eigenvalue weighted by Crippen LogP contribution is 2.31. The third kappa shape index (κ3) is 2.66. The van der Waals surface area contributed by atoms with Crippen molar-refractivity contribution in [2.45, 2.75) is 0 Å². The Morgan fingerprint density at radius 1 is 0.889 bits per heavy atom. The minimum Gasteiger partial charge on any atom is -0.298 e. The molecular formula is C22H14N4O. The molecule has 0 aliphatic heterocycles. The Hall–Kier alpha value is -3.86. The molecule has 0 spiro atoms. The van der Waals surface area contributed by atoms with E-state index in [1.165, 1.54) is 0 Å². The maximum absolute atomic E-state index is 11.0. The summed E-state index contributed by atoms with van der Waals surface area (Å²) in [5.41, 5.74) is 5.36. The van der Waals surface area contributed by atoms with Crippen molar-refractivity contribution >= 4 is 17.6 Å². The summed E-state index contributed by atoms with van der Waals surface area (Å²) in [7, 11) is 0. The summed E-state index contributed by atoms with van der Waals surface area (Å²) in [6, 6.07) is 17.5. The number of carbonyl (C=O) groups is 1. The number of hydrogen-bond acceptors (Lipinski definition) is 4. The summed E-state index contributed by atoms with van der Waals surface area (Å²) >= 11 is 0. The highest BCUT2D eigenvalue weighted by atomic mass is 16.1. The van der Waals surface area contributed by atoms with Gasteiger partial charge in [0.1, 0.15) is 6.29 Å². The number of hydrogen-bond donors (Lipinski definition) is 0. The predicted molar refractivity (Wildman–Crippen MR) is 104 cm³/mol. The number of rotatable bonds is 4. The number of aromatic nitrogens is 4. The first-order valence-corrected chi connectivity index (χ1v) is 8.59. The van der Waals surface area contributed by atoms with E-state index >= 15 is 0 Å². The van der Waals surface area contributed by atoms with Crippen LogP contribution in [0.3, 0.4) is 0 Å². The van der Waals surface area contributed by atoms with Crippen LogP contribution in [-0.2, 0) is 0 Å². The summed E-state index contributed by atoms with van der Waals surface area (Å²) in [6.07, 6.45) is 8.71. The molecule has 0 unspecified atom stereocenters. The zero-order chi connectivity index (χ0) is 18.2. The summed E-state index contributed by atoms with van der Waals surface area (Å²) in [5, 5.41) is 4.56. The Bertz CT molecular complexity index is 1220. The molecule has 0 bridgehead atoms. The van der Waals surface area contributed by atoms with Crippen LogP contribution in [0.4, 0.5) is 0 Å². The quantitative estimate of drug-likeness (QED) is 0.517. The Kier molecular flexibility index (Phi) is 3.50. The van der Waals surface area contributed by atoms with Crippen LogP contribution in [0.5, 0.6) is 0 Å². The van der Waals surface area contributed by atoms with Crippen LogP contribution in [0, 0.1) is 0 Å². The van der Waals surface area contributed by atoms with Crippen molar-refractivity contribution in [3.8, 4) is 22.4 Å². The summed E-state index contributed by atoms with van der Waals surface area (Å²) in [4.78, 5) is 20.3. The van der Waals surface area contributed by atoms with Gasteiger partial charge in [-0.3, -0.25) is 4.79 Å².